The topological polar surface area (TPSA) is 30.5 Å². The zero-order chi connectivity index (χ0) is 11.1. The third-order valence-electron chi connectivity index (χ3n) is 1.97. The second-order valence-electron chi connectivity index (χ2n) is 3.03. The van der Waals surface area contributed by atoms with E-state index in [1.165, 1.54) is 0 Å². The number of ether oxygens (including phenoxy) is 2. The third-order valence-corrected chi connectivity index (χ3v) is 1.97. The molecule has 0 fully saturated rings. The fraction of sp³-hybridized carbons (Fsp3) is 0.333. The molecule has 0 saturated carbocycles. The van der Waals surface area contributed by atoms with Crippen molar-refractivity contribution in [2.75, 3.05) is 20.8 Å². The molecule has 0 radical (unpaired) electrons. The predicted octanol–water partition coefficient (Wildman–Crippen LogP) is 1.43. The molecule has 3 heteroatoms. The van der Waals surface area contributed by atoms with Gasteiger partial charge >= 0.3 is 0 Å². The van der Waals surface area contributed by atoms with Crippen molar-refractivity contribution in [3.8, 4) is 23.8 Å². The zero-order valence-corrected chi connectivity index (χ0v) is 9.04. The van der Waals surface area contributed by atoms with E-state index in [0.717, 1.165) is 17.1 Å². The number of benzene rings is 1. The molecule has 15 heavy (non-hydrogen) atoms. The lowest BCUT2D eigenvalue weighted by atomic mass is 10.2. The van der Waals surface area contributed by atoms with Crippen molar-refractivity contribution in [3.63, 3.8) is 0 Å². The SMILES string of the molecule is C#CCNCc1cc(OC)cc(OC)c1. The van der Waals surface area contributed by atoms with Crippen LogP contribution in [0.1, 0.15) is 5.56 Å². The molecule has 0 bridgehead atoms. The lowest BCUT2D eigenvalue weighted by molar-refractivity contribution is 0.393. The summed E-state index contributed by atoms with van der Waals surface area (Å²) in [4.78, 5) is 0. The summed E-state index contributed by atoms with van der Waals surface area (Å²) in [6.07, 6.45) is 5.14. The molecule has 80 valence electrons. The Hall–Kier alpha value is -1.66. The van der Waals surface area contributed by atoms with E-state index in [1.807, 2.05) is 18.2 Å². The summed E-state index contributed by atoms with van der Waals surface area (Å²) in [6, 6.07) is 5.74. The first kappa shape index (κ1) is 11.4. The predicted molar refractivity (Wildman–Crippen MR) is 60.1 cm³/mol. The highest BCUT2D eigenvalue weighted by molar-refractivity contribution is 5.38. The second kappa shape index (κ2) is 5.94. The number of hydrogen-bond donors (Lipinski definition) is 1. The fourth-order valence-corrected chi connectivity index (χ4v) is 1.25. The smallest absolute Gasteiger partial charge is 0.122 e. The van der Waals surface area contributed by atoms with Crippen molar-refractivity contribution in [1.82, 2.24) is 5.32 Å². The normalized spacial score (nSPS) is 9.40. The Bertz CT molecular complexity index is 333. The van der Waals surface area contributed by atoms with Gasteiger partial charge in [-0.25, -0.2) is 0 Å². The maximum atomic E-state index is 5.16. The Morgan fingerprint density at radius 3 is 2.27 bits per heavy atom. The molecule has 0 aliphatic carbocycles. The fourth-order valence-electron chi connectivity index (χ4n) is 1.25. The van der Waals surface area contributed by atoms with E-state index in [0.29, 0.717) is 13.1 Å². The van der Waals surface area contributed by atoms with Gasteiger partial charge in [0.05, 0.1) is 20.8 Å². The van der Waals surface area contributed by atoms with Crippen LogP contribution >= 0.6 is 0 Å². The van der Waals surface area contributed by atoms with Crippen LogP contribution in [0, 0.1) is 12.3 Å². The minimum atomic E-state index is 0.555. The molecular weight excluding hydrogens is 190 g/mol. The first-order valence-electron chi connectivity index (χ1n) is 4.66. The number of nitrogens with one attached hydrogen (secondary N) is 1. The van der Waals surface area contributed by atoms with Crippen molar-refractivity contribution in [2.24, 2.45) is 0 Å². The summed E-state index contributed by atoms with van der Waals surface area (Å²) in [7, 11) is 3.26. The monoisotopic (exact) mass is 205 g/mol. The second-order valence-corrected chi connectivity index (χ2v) is 3.03. The van der Waals surface area contributed by atoms with Crippen molar-refractivity contribution >= 4 is 0 Å². The number of hydrogen-bond acceptors (Lipinski definition) is 3. The van der Waals surface area contributed by atoms with Crippen LogP contribution in [0.15, 0.2) is 18.2 Å². The van der Waals surface area contributed by atoms with Crippen LogP contribution in [0.4, 0.5) is 0 Å². The van der Waals surface area contributed by atoms with E-state index < -0.39 is 0 Å². The first-order valence-corrected chi connectivity index (χ1v) is 4.66. The van der Waals surface area contributed by atoms with Crippen LogP contribution in [0.2, 0.25) is 0 Å². The Morgan fingerprint density at radius 2 is 1.80 bits per heavy atom. The molecular formula is C12H15NO2. The summed E-state index contributed by atoms with van der Waals surface area (Å²) in [5.41, 5.74) is 1.08. The van der Waals surface area contributed by atoms with Crippen LogP contribution < -0.4 is 14.8 Å². The standard InChI is InChI=1S/C12H15NO2/c1-4-5-13-9-10-6-11(14-2)8-12(7-10)15-3/h1,6-8,13H,5,9H2,2-3H3. The molecule has 0 aromatic heterocycles. The highest BCUT2D eigenvalue weighted by Crippen LogP contribution is 2.22. The highest BCUT2D eigenvalue weighted by atomic mass is 16.5. The van der Waals surface area contributed by atoms with E-state index in [9.17, 15) is 0 Å². The average Bonchev–Trinajstić information content (AvgIpc) is 2.29. The Labute approximate surface area is 90.4 Å². The van der Waals surface area contributed by atoms with E-state index in [4.69, 9.17) is 15.9 Å². The van der Waals surface area contributed by atoms with Gasteiger partial charge in [0.2, 0.25) is 0 Å². The van der Waals surface area contributed by atoms with Gasteiger partial charge in [-0.2, -0.15) is 0 Å². The number of methoxy groups -OCH3 is 2. The molecule has 1 rings (SSSR count). The van der Waals surface area contributed by atoms with Gasteiger partial charge in [-0.15, -0.1) is 6.42 Å². The molecule has 0 aliphatic heterocycles. The summed E-state index contributed by atoms with van der Waals surface area (Å²) in [5, 5.41) is 3.11. The molecule has 1 aromatic rings. The third kappa shape index (κ3) is 3.53. The van der Waals surface area contributed by atoms with Crippen LogP contribution in [0.3, 0.4) is 0 Å². The van der Waals surface area contributed by atoms with E-state index in [1.54, 1.807) is 14.2 Å². The molecule has 0 spiro atoms. The number of terminal acetylenes is 1. The van der Waals surface area contributed by atoms with Crippen molar-refractivity contribution in [1.29, 1.82) is 0 Å². The van der Waals surface area contributed by atoms with Crippen LogP contribution in [-0.4, -0.2) is 20.8 Å². The Balaban J connectivity index is 2.74. The lowest BCUT2D eigenvalue weighted by Crippen LogP contribution is -2.13. The molecule has 0 unspecified atom stereocenters. The molecule has 0 aliphatic rings. The van der Waals surface area contributed by atoms with E-state index in [-0.39, 0.29) is 0 Å². The van der Waals surface area contributed by atoms with Crippen LogP contribution in [0.25, 0.3) is 0 Å². The highest BCUT2D eigenvalue weighted by Gasteiger charge is 2.00. The van der Waals surface area contributed by atoms with Crippen LogP contribution in [0.5, 0.6) is 11.5 Å². The minimum Gasteiger partial charge on any atom is -0.497 e. The van der Waals surface area contributed by atoms with Crippen molar-refractivity contribution in [3.05, 3.63) is 23.8 Å². The van der Waals surface area contributed by atoms with Gasteiger partial charge in [-0.3, -0.25) is 0 Å². The van der Waals surface area contributed by atoms with Gasteiger partial charge in [0, 0.05) is 12.6 Å². The maximum absolute atomic E-state index is 5.16. The molecule has 0 atom stereocenters. The van der Waals surface area contributed by atoms with Gasteiger partial charge in [0.1, 0.15) is 11.5 Å². The van der Waals surface area contributed by atoms with E-state index in [2.05, 4.69) is 11.2 Å². The summed E-state index contributed by atoms with van der Waals surface area (Å²) < 4.78 is 10.3. The molecule has 0 amide bonds. The molecule has 3 nitrogen and oxygen atoms in total. The molecule has 1 aromatic carbocycles. The summed E-state index contributed by atoms with van der Waals surface area (Å²) >= 11 is 0. The van der Waals surface area contributed by atoms with Crippen molar-refractivity contribution < 1.29 is 9.47 Å². The van der Waals surface area contributed by atoms with Crippen molar-refractivity contribution in [2.45, 2.75) is 6.54 Å². The van der Waals surface area contributed by atoms with Gasteiger partial charge < -0.3 is 14.8 Å². The van der Waals surface area contributed by atoms with Crippen LogP contribution in [-0.2, 0) is 6.54 Å². The largest absolute Gasteiger partial charge is 0.497 e. The molecule has 0 saturated heterocycles. The summed E-state index contributed by atoms with van der Waals surface area (Å²) in [6.45, 7) is 1.26. The Kier molecular flexibility index (Phi) is 4.52. The maximum Gasteiger partial charge on any atom is 0.122 e. The lowest BCUT2D eigenvalue weighted by Gasteiger charge is -2.08. The van der Waals surface area contributed by atoms with E-state index >= 15 is 0 Å². The first-order chi connectivity index (χ1) is 7.30. The summed E-state index contributed by atoms with van der Waals surface area (Å²) in [5.74, 6) is 4.09. The van der Waals surface area contributed by atoms with Gasteiger partial charge in [-0.1, -0.05) is 5.92 Å². The number of rotatable bonds is 5. The van der Waals surface area contributed by atoms with Gasteiger partial charge in [0.25, 0.3) is 0 Å². The average molecular weight is 205 g/mol. The Morgan fingerprint density at radius 1 is 1.20 bits per heavy atom. The minimum absolute atomic E-state index is 0.555. The van der Waals surface area contributed by atoms with Gasteiger partial charge in [-0.05, 0) is 17.7 Å². The molecule has 0 heterocycles. The zero-order valence-electron chi connectivity index (χ0n) is 9.04. The quantitative estimate of drug-likeness (QED) is 0.582. The van der Waals surface area contributed by atoms with Gasteiger partial charge in [0.15, 0.2) is 0 Å². The molecule has 1 N–H and O–H groups in total.